The van der Waals surface area contributed by atoms with Crippen molar-refractivity contribution in [1.82, 2.24) is 0 Å². The SMILES string of the molecule is CC1(C)OB(c2ccc(OC3CCOCC3)c(F)c2)OC1(C)C.CCc1oc2cccc(F)c2c(=O)c1-c1ccccc1.COc1cccc2oc(C)cc(=O)c12.C[C@@H](O)c1oc2cccc(F)c2c(=O)c1-c1cccc(F)c1.Cc1oc2cccc(F)c2c(=O)c1-c1cccc(F)c1. The smallest absolute Gasteiger partial charge is 0.494 e. The van der Waals surface area contributed by atoms with E-state index >= 15 is 0 Å². The normalized spacial score (nSPS) is 14.2. The molecule has 0 bridgehead atoms. The van der Waals surface area contributed by atoms with Gasteiger partial charge in [-0.05, 0) is 156 Å². The molecular formula is C78H69BF6O14. The van der Waals surface area contributed by atoms with E-state index in [1.165, 1.54) is 99.0 Å². The molecule has 0 unspecified atom stereocenters. The van der Waals surface area contributed by atoms with E-state index in [2.05, 4.69) is 0 Å². The first-order chi connectivity index (χ1) is 47.3. The minimum atomic E-state index is -1.10. The number of rotatable bonds is 9. The van der Waals surface area contributed by atoms with Gasteiger partial charge in [0.05, 0.1) is 48.2 Å². The molecule has 510 valence electrons. The van der Waals surface area contributed by atoms with Crippen LogP contribution in [0.1, 0.15) is 83.5 Å². The molecule has 0 amide bonds. The van der Waals surface area contributed by atoms with Gasteiger partial charge in [-0.15, -0.1) is 0 Å². The minimum absolute atomic E-state index is 0.0148. The van der Waals surface area contributed by atoms with Crippen LogP contribution in [0.3, 0.4) is 0 Å². The number of aryl methyl sites for hydroxylation is 3. The fourth-order valence-corrected chi connectivity index (χ4v) is 11.3. The average Bonchev–Trinajstić information content (AvgIpc) is 1.77. The molecule has 0 saturated carbocycles. The van der Waals surface area contributed by atoms with Crippen molar-refractivity contribution in [2.45, 2.75) is 98.1 Å². The highest BCUT2D eigenvalue weighted by atomic mass is 19.1. The van der Waals surface area contributed by atoms with Gasteiger partial charge in [0.15, 0.2) is 17.0 Å². The van der Waals surface area contributed by atoms with Crippen molar-refractivity contribution in [2.75, 3.05) is 20.3 Å². The molecule has 0 radical (unpaired) electrons. The Morgan fingerprint density at radius 2 is 1.00 bits per heavy atom. The number of methoxy groups -OCH3 is 1. The van der Waals surface area contributed by atoms with Crippen LogP contribution < -0.4 is 36.7 Å². The molecule has 2 fully saturated rings. The molecule has 1 N–H and O–H groups in total. The van der Waals surface area contributed by atoms with E-state index in [4.69, 9.17) is 41.2 Å². The number of benzene rings is 8. The average molecular weight is 1360 g/mol. The molecule has 14 rings (SSSR count). The number of aliphatic hydroxyl groups is 1. The van der Waals surface area contributed by atoms with E-state index in [1.54, 1.807) is 62.4 Å². The van der Waals surface area contributed by atoms with Gasteiger partial charge in [-0.2, -0.15) is 0 Å². The maximum atomic E-state index is 14.4. The summed E-state index contributed by atoms with van der Waals surface area (Å²) in [6.07, 6.45) is 1.07. The van der Waals surface area contributed by atoms with Crippen molar-refractivity contribution in [1.29, 1.82) is 0 Å². The van der Waals surface area contributed by atoms with Gasteiger partial charge in [0, 0.05) is 25.3 Å². The third-order valence-corrected chi connectivity index (χ3v) is 16.9. The molecular weight excluding hydrogens is 1290 g/mol. The highest BCUT2D eigenvalue weighted by molar-refractivity contribution is 6.62. The predicted molar refractivity (Wildman–Crippen MR) is 369 cm³/mol. The zero-order valence-corrected chi connectivity index (χ0v) is 55.5. The van der Waals surface area contributed by atoms with Crippen molar-refractivity contribution in [3.63, 3.8) is 0 Å². The second-order valence-corrected chi connectivity index (χ2v) is 24.3. The van der Waals surface area contributed by atoms with Gasteiger partial charge in [-0.25, -0.2) is 26.3 Å². The number of aliphatic hydroxyl groups excluding tert-OH is 1. The quantitative estimate of drug-likeness (QED) is 0.106. The Morgan fingerprint density at radius 3 is 1.53 bits per heavy atom. The molecule has 6 heterocycles. The Balaban J connectivity index is 0.000000135. The Kier molecular flexibility index (Phi) is 22.1. The van der Waals surface area contributed by atoms with Crippen LogP contribution in [0, 0.1) is 48.8 Å². The van der Waals surface area contributed by atoms with E-state index in [0.29, 0.717) is 75.8 Å². The summed E-state index contributed by atoms with van der Waals surface area (Å²) in [7, 11) is 0.972. The summed E-state index contributed by atoms with van der Waals surface area (Å²) in [5.41, 5.74) is 1.33. The van der Waals surface area contributed by atoms with Gasteiger partial charge in [0.2, 0.25) is 16.3 Å². The maximum Gasteiger partial charge on any atom is 0.494 e. The lowest BCUT2D eigenvalue weighted by atomic mass is 9.79. The summed E-state index contributed by atoms with van der Waals surface area (Å²) in [4.78, 5) is 49.4. The molecule has 8 aromatic carbocycles. The van der Waals surface area contributed by atoms with Gasteiger partial charge in [-0.3, -0.25) is 19.2 Å². The summed E-state index contributed by atoms with van der Waals surface area (Å²) in [5.74, 6) is -0.970. The van der Waals surface area contributed by atoms with Crippen LogP contribution in [0.4, 0.5) is 26.3 Å². The number of halogens is 6. The fourth-order valence-electron chi connectivity index (χ4n) is 11.3. The first-order valence-electron chi connectivity index (χ1n) is 31.7. The lowest BCUT2D eigenvalue weighted by Gasteiger charge is -2.32. The first-order valence-corrected chi connectivity index (χ1v) is 31.7. The van der Waals surface area contributed by atoms with E-state index in [1.807, 2.05) is 65.0 Å². The maximum absolute atomic E-state index is 14.4. The Labute approximate surface area is 564 Å². The Hall–Kier alpha value is -10.3. The van der Waals surface area contributed by atoms with Crippen molar-refractivity contribution < 1.29 is 72.6 Å². The summed E-state index contributed by atoms with van der Waals surface area (Å²) < 4.78 is 133. The van der Waals surface area contributed by atoms with Crippen LogP contribution in [0.15, 0.2) is 213 Å². The van der Waals surface area contributed by atoms with Crippen LogP contribution in [0.25, 0.3) is 77.3 Å². The summed E-state index contributed by atoms with van der Waals surface area (Å²) in [6.45, 7) is 15.9. The number of fused-ring (bicyclic) bond motifs is 4. The Morgan fingerprint density at radius 1 is 0.515 bits per heavy atom. The summed E-state index contributed by atoms with van der Waals surface area (Å²) >= 11 is 0. The molecule has 14 nitrogen and oxygen atoms in total. The van der Waals surface area contributed by atoms with Gasteiger partial charge in [0.1, 0.15) is 114 Å². The third kappa shape index (κ3) is 15.8. The van der Waals surface area contributed by atoms with Crippen LogP contribution >= 0.6 is 0 Å². The molecule has 2 saturated heterocycles. The van der Waals surface area contributed by atoms with Crippen LogP contribution in [0.2, 0.25) is 0 Å². The van der Waals surface area contributed by atoms with E-state index < -0.39 is 64.4 Å². The summed E-state index contributed by atoms with van der Waals surface area (Å²) in [6, 6.07) is 44.5. The van der Waals surface area contributed by atoms with Crippen molar-refractivity contribution in [3.05, 3.63) is 275 Å². The molecule has 99 heavy (non-hydrogen) atoms. The summed E-state index contributed by atoms with van der Waals surface area (Å²) in [5, 5.41) is 10.1. The number of hydrogen-bond donors (Lipinski definition) is 1. The second-order valence-electron chi connectivity index (χ2n) is 24.3. The first kappa shape index (κ1) is 71.5. The predicted octanol–water partition coefficient (Wildman–Crippen LogP) is 16.8. The van der Waals surface area contributed by atoms with Gasteiger partial charge >= 0.3 is 7.12 Å². The molecule has 4 aromatic heterocycles. The van der Waals surface area contributed by atoms with Crippen LogP contribution in [-0.4, -0.2) is 49.9 Å². The van der Waals surface area contributed by atoms with Crippen molar-refractivity contribution in [2.24, 2.45) is 0 Å². The van der Waals surface area contributed by atoms with E-state index in [9.17, 15) is 50.6 Å². The molecule has 21 heteroatoms. The second kappa shape index (κ2) is 30.6. The van der Waals surface area contributed by atoms with Crippen LogP contribution in [-0.2, 0) is 20.5 Å². The minimum Gasteiger partial charge on any atom is -0.496 e. The number of hydrogen-bond acceptors (Lipinski definition) is 14. The molecule has 0 aliphatic carbocycles. The van der Waals surface area contributed by atoms with Crippen molar-refractivity contribution >= 4 is 56.5 Å². The zero-order chi connectivity index (χ0) is 71.0. The molecule has 2 aliphatic heterocycles. The molecule has 12 aromatic rings. The van der Waals surface area contributed by atoms with Crippen LogP contribution in [0.5, 0.6) is 11.5 Å². The highest BCUT2D eigenvalue weighted by Gasteiger charge is 2.52. The van der Waals surface area contributed by atoms with E-state index in [-0.39, 0.29) is 78.3 Å². The lowest BCUT2D eigenvalue weighted by Crippen LogP contribution is -2.41. The van der Waals surface area contributed by atoms with Gasteiger partial charge < -0.3 is 46.3 Å². The number of ether oxygens (including phenoxy) is 3. The molecule has 0 spiro atoms. The van der Waals surface area contributed by atoms with Gasteiger partial charge in [-0.1, -0.05) is 91.9 Å². The topological polar surface area (TPSA) is 187 Å². The monoisotopic (exact) mass is 1350 g/mol. The zero-order valence-electron chi connectivity index (χ0n) is 55.5. The van der Waals surface area contributed by atoms with Gasteiger partial charge in [0.25, 0.3) is 0 Å². The largest absolute Gasteiger partial charge is 0.496 e. The molecule has 2 aliphatic rings. The lowest BCUT2D eigenvalue weighted by molar-refractivity contribution is 0.00578. The van der Waals surface area contributed by atoms with Crippen molar-refractivity contribution in [3.8, 4) is 44.9 Å². The Bertz CT molecular complexity index is 5160. The highest BCUT2D eigenvalue weighted by Crippen LogP contribution is 2.38. The van der Waals surface area contributed by atoms with E-state index in [0.717, 1.165) is 30.5 Å². The molecule has 1 atom stereocenters. The third-order valence-electron chi connectivity index (χ3n) is 16.9. The fraction of sp³-hybridized carbons (Fsp3) is 0.231. The standard InChI is InChI=1S/C17H24BFO4.C17H12F2O3.C17H13FO2.C16H10F2O2.C11H10O3/c1-16(2)17(3,4)23-18(22-16)12-5-6-15(14(19)11-12)21-13-7-9-20-10-8-13;1-9(20)17-14(10-4-2-5-11(18)8-10)16(21)15-12(19)6-3-7-13(15)22-17;1-2-13-15(11-7-4-3-5-8-11)17(19)16-12(18)9-6-10-14(16)20-13;1-9-14(10-4-2-5-11(17)8-10)16(19)15-12(18)6-3-7-13(15)20-9;1-7-6-8(12)11-9(13-2)4-3-5-10(11)14-7/h5-6,11,13H,7-10H2,1-4H3;2-9,20H,1H3;3-10H,2H2,1H3;2-8H,1H3;3-6H,1-2H3/t;9-;;;/m.1.../s1.